The minimum atomic E-state index is -3.48. The van der Waals surface area contributed by atoms with Crippen LogP contribution in [0, 0.1) is 5.92 Å². The molecule has 0 N–H and O–H groups in total. The SMILES string of the molecule is O=C(CC1CCN(S(=O)(=O)c2ccc(Cl)s2)CC1)N1CCN(c2ccccc2)CC1. The predicted molar refractivity (Wildman–Crippen MR) is 121 cm³/mol. The second-order valence-corrected chi connectivity index (χ2v) is 11.7. The zero-order valence-electron chi connectivity index (χ0n) is 16.7. The highest BCUT2D eigenvalue weighted by atomic mass is 35.5. The number of nitrogens with zero attached hydrogens (tertiary/aromatic N) is 3. The summed E-state index contributed by atoms with van der Waals surface area (Å²) in [6, 6.07) is 13.5. The van der Waals surface area contributed by atoms with Crippen LogP contribution in [0.15, 0.2) is 46.7 Å². The third kappa shape index (κ3) is 4.82. The second kappa shape index (κ2) is 9.26. The van der Waals surface area contributed by atoms with Gasteiger partial charge < -0.3 is 9.80 Å². The molecule has 2 aliphatic rings. The summed E-state index contributed by atoms with van der Waals surface area (Å²) in [6.45, 7) is 4.07. The lowest BCUT2D eigenvalue weighted by Crippen LogP contribution is -2.49. The number of para-hydroxylation sites is 1. The minimum Gasteiger partial charge on any atom is -0.368 e. The van der Waals surface area contributed by atoms with E-state index in [1.807, 2.05) is 23.1 Å². The Morgan fingerprint density at radius 1 is 0.967 bits per heavy atom. The maximum Gasteiger partial charge on any atom is 0.252 e. The molecule has 3 heterocycles. The number of sulfonamides is 1. The van der Waals surface area contributed by atoms with Gasteiger partial charge in [0.1, 0.15) is 4.21 Å². The smallest absolute Gasteiger partial charge is 0.252 e. The van der Waals surface area contributed by atoms with Crippen molar-refractivity contribution in [3.05, 3.63) is 46.8 Å². The van der Waals surface area contributed by atoms with Gasteiger partial charge in [-0.2, -0.15) is 4.31 Å². The van der Waals surface area contributed by atoms with Crippen LogP contribution in [0.4, 0.5) is 5.69 Å². The lowest BCUT2D eigenvalue weighted by Gasteiger charge is -2.37. The van der Waals surface area contributed by atoms with Crippen LogP contribution in [0.2, 0.25) is 4.34 Å². The van der Waals surface area contributed by atoms with Gasteiger partial charge in [0.25, 0.3) is 10.0 Å². The standard InChI is InChI=1S/C21H26ClN3O3S2/c22-19-6-7-21(29-19)30(27,28)25-10-8-17(9-11-25)16-20(26)24-14-12-23(13-15-24)18-4-2-1-3-5-18/h1-7,17H,8-16H2. The third-order valence-electron chi connectivity index (χ3n) is 5.93. The topological polar surface area (TPSA) is 60.9 Å². The van der Waals surface area contributed by atoms with Crippen molar-refractivity contribution < 1.29 is 13.2 Å². The van der Waals surface area contributed by atoms with Crippen LogP contribution in [-0.4, -0.2) is 62.8 Å². The molecule has 0 spiro atoms. The van der Waals surface area contributed by atoms with E-state index in [1.165, 1.54) is 9.99 Å². The van der Waals surface area contributed by atoms with Gasteiger partial charge >= 0.3 is 0 Å². The fourth-order valence-electron chi connectivity index (χ4n) is 4.15. The highest BCUT2D eigenvalue weighted by Gasteiger charge is 2.32. The van der Waals surface area contributed by atoms with E-state index in [0.29, 0.717) is 40.9 Å². The molecule has 9 heteroatoms. The van der Waals surface area contributed by atoms with Crippen molar-refractivity contribution in [2.24, 2.45) is 5.92 Å². The second-order valence-electron chi connectivity index (χ2n) is 7.81. The van der Waals surface area contributed by atoms with Crippen LogP contribution in [0.25, 0.3) is 0 Å². The molecule has 4 rings (SSSR count). The van der Waals surface area contributed by atoms with E-state index in [9.17, 15) is 13.2 Å². The molecule has 2 saturated heterocycles. The molecule has 1 aromatic carbocycles. The third-order valence-corrected chi connectivity index (χ3v) is 9.53. The van der Waals surface area contributed by atoms with Gasteiger partial charge in [0.2, 0.25) is 5.91 Å². The van der Waals surface area contributed by atoms with Crippen LogP contribution in [0.3, 0.4) is 0 Å². The monoisotopic (exact) mass is 467 g/mol. The van der Waals surface area contributed by atoms with Crippen LogP contribution < -0.4 is 4.90 Å². The molecule has 162 valence electrons. The van der Waals surface area contributed by atoms with E-state index < -0.39 is 10.0 Å². The first-order valence-corrected chi connectivity index (χ1v) is 12.9. The summed E-state index contributed by atoms with van der Waals surface area (Å²) in [5, 5.41) is 0. The zero-order valence-corrected chi connectivity index (χ0v) is 19.1. The number of piperidine rings is 1. The quantitative estimate of drug-likeness (QED) is 0.674. The number of hydrogen-bond donors (Lipinski definition) is 0. The Balaban J connectivity index is 1.25. The first-order chi connectivity index (χ1) is 14.4. The van der Waals surface area contributed by atoms with Crippen LogP contribution >= 0.6 is 22.9 Å². The molecule has 0 aliphatic carbocycles. The molecule has 30 heavy (non-hydrogen) atoms. The van der Waals surface area contributed by atoms with E-state index in [4.69, 9.17) is 11.6 Å². The average Bonchev–Trinajstić information content (AvgIpc) is 3.22. The van der Waals surface area contributed by atoms with Crippen molar-refractivity contribution in [3.63, 3.8) is 0 Å². The van der Waals surface area contributed by atoms with Gasteiger partial charge in [-0.05, 0) is 43.0 Å². The number of thiophene rings is 1. The summed E-state index contributed by atoms with van der Waals surface area (Å²) < 4.78 is 27.7. The molecule has 0 radical (unpaired) electrons. The van der Waals surface area contributed by atoms with Crippen molar-refractivity contribution in [1.29, 1.82) is 0 Å². The minimum absolute atomic E-state index is 0.189. The predicted octanol–water partition coefficient (Wildman–Crippen LogP) is 3.54. The lowest BCUT2D eigenvalue weighted by atomic mass is 9.94. The maximum atomic E-state index is 12.8. The van der Waals surface area contributed by atoms with E-state index in [2.05, 4.69) is 17.0 Å². The van der Waals surface area contributed by atoms with Gasteiger partial charge in [-0.15, -0.1) is 11.3 Å². The summed E-state index contributed by atoms with van der Waals surface area (Å²) >= 11 is 6.98. The average molecular weight is 468 g/mol. The zero-order chi connectivity index (χ0) is 21.1. The Morgan fingerprint density at radius 2 is 1.63 bits per heavy atom. The van der Waals surface area contributed by atoms with Gasteiger partial charge in [0.05, 0.1) is 4.34 Å². The number of benzene rings is 1. The van der Waals surface area contributed by atoms with Crippen molar-refractivity contribution >= 4 is 44.6 Å². The van der Waals surface area contributed by atoms with Crippen LogP contribution in [0.1, 0.15) is 19.3 Å². The van der Waals surface area contributed by atoms with Gasteiger partial charge in [-0.25, -0.2) is 8.42 Å². The molecule has 0 atom stereocenters. The lowest BCUT2D eigenvalue weighted by molar-refractivity contribution is -0.132. The number of hydrogen-bond acceptors (Lipinski definition) is 5. The molecule has 6 nitrogen and oxygen atoms in total. The first-order valence-electron chi connectivity index (χ1n) is 10.3. The van der Waals surface area contributed by atoms with Gasteiger partial charge in [-0.1, -0.05) is 29.8 Å². The van der Waals surface area contributed by atoms with Crippen molar-refractivity contribution in [1.82, 2.24) is 9.21 Å². The Bertz CT molecular complexity index is 964. The Hall–Kier alpha value is -1.61. The highest BCUT2D eigenvalue weighted by Crippen LogP contribution is 2.31. The van der Waals surface area contributed by atoms with Gasteiger partial charge in [-0.3, -0.25) is 4.79 Å². The Kier molecular flexibility index (Phi) is 6.67. The Labute approximate surface area is 187 Å². The number of amides is 1. The summed E-state index contributed by atoms with van der Waals surface area (Å²) in [6.07, 6.45) is 1.94. The first kappa shape index (κ1) is 21.6. The van der Waals surface area contributed by atoms with Crippen molar-refractivity contribution in [3.8, 4) is 0 Å². The maximum absolute atomic E-state index is 12.8. The number of piperazine rings is 1. The van der Waals surface area contributed by atoms with E-state index in [1.54, 1.807) is 12.1 Å². The molecule has 2 fully saturated rings. The molecule has 1 aromatic heterocycles. The van der Waals surface area contributed by atoms with Crippen molar-refractivity contribution in [2.45, 2.75) is 23.5 Å². The number of anilines is 1. The molecule has 1 amide bonds. The van der Waals surface area contributed by atoms with E-state index in [0.717, 1.165) is 37.5 Å². The van der Waals surface area contributed by atoms with Crippen molar-refractivity contribution in [2.75, 3.05) is 44.2 Å². The Morgan fingerprint density at radius 3 is 2.23 bits per heavy atom. The number of halogens is 1. The fourth-order valence-corrected chi connectivity index (χ4v) is 7.25. The molecule has 0 bridgehead atoms. The molecular formula is C21H26ClN3O3S2. The van der Waals surface area contributed by atoms with E-state index in [-0.39, 0.29) is 11.8 Å². The summed E-state index contributed by atoms with van der Waals surface area (Å²) in [5.74, 6) is 0.428. The van der Waals surface area contributed by atoms with Crippen LogP contribution in [0.5, 0.6) is 0 Å². The normalized spacial score (nSPS) is 19.2. The fraction of sp³-hybridized carbons (Fsp3) is 0.476. The number of carbonyl (C=O) groups excluding carboxylic acids is 1. The van der Waals surface area contributed by atoms with Gasteiger partial charge in [0.15, 0.2) is 0 Å². The van der Waals surface area contributed by atoms with Crippen LogP contribution in [-0.2, 0) is 14.8 Å². The summed E-state index contributed by atoms with van der Waals surface area (Å²) in [5.41, 5.74) is 1.20. The number of rotatable bonds is 5. The molecule has 2 aliphatic heterocycles. The highest BCUT2D eigenvalue weighted by molar-refractivity contribution is 7.91. The summed E-state index contributed by atoms with van der Waals surface area (Å²) in [4.78, 5) is 17.0. The molecule has 2 aromatic rings. The molecule has 0 saturated carbocycles. The van der Waals surface area contributed by atoms with Gasteiger partial charge in [0, 0.05) is 51.4 Å². The molecule has 0 unspecified atom stereocenters. The van der Waals surface area contributed by atoms with E-state index >= 15 is 0 Å². The number of carbonyl (C=O) groups is 1. The largest absolute Gasteiger partial charge is 0.368 e. The molecular weight excluding hydrogens is 442 g/mol. The summed E-state index contributed by atoms with van der Waals surface area (Å²) in [7, 11) is -3.48.